The normalized spacial score (nSPS) is 22.6. The van der Waals surface area contributed by atoms with Crippen molar-refractivity contribution in [3.05, 3.63) is 34.0 Å². The third kappa shape index (κ3) is 3.49. The van der Waals surface area contributed by atoms with Crippen LogP contribution in [0.25, 0.3) is 0 Å². The average Bonchev–Trinajstić information content (AvgIpc) is 2.99. The number of allylic oxidation sites excluding steroid dienone is 2. The fourth-order valence-corrected chi connectivity index (χ4v) is 3.41. The minimum atomic E-state index is -0.164. The molecular formula is C16H23NO2S. The molecule has 1 atom stereocenters. The molecule has 1 amide bonds. The maximum absolute atomic E-state index is 12.4. The molecule has 1 aliphatic rings. The molecule has 0 unspecified atom stereocenters. The largest absolute Gasteiger partial charge is 0.396 e. The van der Waals surface area contributed by atoms with E-state index < -0.39 is 0 Å². The van der Waals surface area contributed by atoms with Crippen LogP contribution in [0.1, 0.15) is 42.8 Å². The zero-order chi connectivity index (χ0) is 14.6. The second-order valence-corrected chi connectivity index (χ2v) is 6.90. The van der Waals surface area contributed by atoms with Gasteiger partial charge < -0.3 is 10.0 Å². The van der Waals surface area contributed by atoms with Gasteiger partial charge >= 0.3 is 0 Å². The SMILES string of the molecule is CC(C)=CC[C@]1(CO)CCCN(C(=O)c2cccs2)C1. The van der Waals surface area contributed by atoms with Crippen molar-refractivity contribution in [3.8, 4) is 0 Å². The van der Waals surface area contributed by atoms with Gasteiger partial charge in [-0.2, -0.15) is 0 Å². The Kier molecular flexibility index (Phi) is 5.00. The van der Waals surface area contributed by atoms with E-state index in [1.165, 1.54) is 16.9 Å². The van der Waals surface area contributed by atoms with Crippen LogP contribution in [0.4, 0.5) is 0 Å². The van der Waals surface area contributed by atoms with Crippen molar-refractivity contribution in [1.29, 1.82) is 0 Å². The van der Waals surface area contributed by atoms with Crippen LogP contribution in [0.5, 0.6) is 0 Å². The molecule has 0 aliphatic carbocycles. The van der Waals surface area contributed by atoms with Crippen LogP contribution in [0.15, 0.2) is 29.2 Å². The van der Waals surface area contributed by atoms with Gasteiger partial charge in [0.25, 0.3) is 5.91 Å². The number of nitrogens with zero attached hydrogens (tertiary/aromatic N) is 1. The van der Waals surface area contributed by atoms with Crippen molar-refractivity contribution < 1.29 is 9.90 Å². The third-order valence-corrected chi connectivity index (χ3v) is 4.82. The van der Waals surface area contributed by atoms with E-state index in [2.05, 4.69) is 19.9 Å². The highest BCUT2D eigenvalue weighted by Crippen LogP contribution is 2.34. The molecule has 1 saturated heterocycles. The number of aliphatic hydroxyl groups is 1. The first-order valence-corrected chi connectivity index (χ1v) is 8.01. The van der Waals surface area contributed by atoms with Gasteiger partial charge in [-0.05, 0) is 44.6 Å². The molecule has 110 valence electrons. The fraction of sp³-hybridized carbons (Fsp3) is 0.562. The van der Waals surface area contributed by atoms with Gasteiger partial charge in [0, 0.05) is 18.5 Å². The molecule has 1 aliphatic heterocycles. The number of carbonyl (C=O) groups excluding carboxylic acids is 1. The molecule has 2 rings (SSSR count). The molecule has 1 aromatic rings. The number of amides is 1. The summed E-state index contributed by atoms with van der Waals surface area (Å²) in [5.41, 5.74) is 1.10. The number of piperidine rings is 1. The van der Waals surface area contributed by atoms with Gasteiger partial charge in [-0.25, -0.2) is 0 Å². The van der Waals surface area contributed by atoms with E-state index in [4.69, 9.17) is 0 Å². The lowest BCUT2D eigenvalue weighted by Gasteiger charge is -2.41. The quantitative estimate of drug-likeness (QED) is 0.865. The number of thiophene rings is 1. The van der Waals surface area contributed by atoms with E-state index in [9.17, 15) is 9.90 Å². The number of carbonyl (C=O) groups is 1. The van der Waals surface area contributed by atoms with Gasteiger partial charge in [0.15, 0.2) is 0 Å². The Labute approximate surface area is 124 Å². The molecule has 0 saturated carbocycles. The molecule has 0 radical (unpaired) electrons. The van der Waals surface area contributed by atoms with Crippen LogP contribution >= 0.6 is 11.3 Å². The van der Waals surface area contributed by atoms with Crippen molar-refractivity contribution >= 4 is 17.2 Å². The van der Waals surface area contributed by atoms with Crippen LogP contribution in [0.3, 0.4) is 0 Å². The van der Waals surface area contributed by atoms with E-state index in [0.717, 1.165) is 30.7 Å². The predicted octanol–water partition coefficient (Wildman–Crippen LogP) is 3.32. The van der Waals surface area contributed by atoms with Crippen molar-refractivity contribution in [2.45, 2.75) is 33.1 Å². The van der Waals surface area contributed by atoms with E-state index in [1.54, 1.807) is 0 Å². The molecule has 1 fully saturated rings. The molecule has 4 heteroatoms. The topological polar surface area (TPSA) is 40.5 Å². The van der Waals surface area contributed by atoms with Gasteiger partial charge in [0.2, 0.25) is 0 Å². The highest BCUT2D eigenvalue weighted by molar-refractivity contribution is 7.12. The van der Waals surface area contributed by atoms with E-state index >= 15 is 0 Å². The monoisotopic (exact) mass is 293 g/mol. The zero-order valence-electron chi connectivity index (χ0n) is 12.3. The molecular weight excluding hydrogens is 270 g/mol. The predicted molar refractivity (Wildman–Crippen MR) is 83.0 cm³/mol. The summed E-state index contributed by atoms with van der Waals surface area (Å²) in [5, 5.41) is 11.8. The first kappa shape index (κ1) is 15.3. The Morgan fingerprint density at radius 1 is 1.55 bits per heavy atom. The zero-order valence-corrected chi connectivity index (χ0v) is 13.1. The smallest absolute Gasteiger partial charge is 0.263 e. The molecule has 2 heterocycles. The average molecular weight is 293 g/mol. The Bertz CT molecular complexity index is 477. The van der Waals surface area contributed by atoms with Gasteiger partial charge in [-0.15, -0.1) is 11.3 Å². The van der Waals surface area contributed by atoms with Crippen molar-refractivity contribution in [1.82, 2.24) is 4.90 Å². The lowest BCUT2D eigenvalue weighted by molar-refractivity contribution is 0.0287. The summed E-state index contributed by atoms with van der Waals surface area (Å²) in [6, 6.07) is 3.78. The van der Waals surface area contributed by atoms with Gasteiger partial charge in [-0.3, -0.25) is 4.79 Å². The Morgan fingerprint density at radius 2 is 2.35 bits per heavy atom. The fourth-order valence-electron chi connectivity index (χ4n) is 2.72. The third-order valence-electron chi connectivity index (χ3n) is 3.96. The molecule has 0 bridgehead atoms. The molecule has 0 spiro atoms. The van der Waals surface area contributed by atoms with Crippen molar-refractivity contribution in [3.63, 3.8) is 0 Å². The summed E-state index contributed by atoms with van der Waals surface area (Å²) in [5.74, 6) is 0.106. The minimum Gasteiger partial charge on any atom is -0.396 e. The minimum absolute atomic E-state index is 0.106. The number of likely N-dealkylation sites (tertiary alicyclic amines) is 1. The maximum Gasteiger partial charge on any atom is 0.263 e. The number of aliphatic hydroxyl groups excluding tert-OH is 1. The highest BCUT2D eigenvalue weighted by atomic mass is 32.1. The van der Waals surface area contributed by atoms with Crippen LogP contribution in [-0.2, 0) is 0 Å². The number of hydrogen-bond donors (Lipinski definition) is 1. The van der Waals surface area contributed by atoms with Gasteiger partial charge in [0.05, 0.1) is 11.5 Å². The second kappa shape index (κ2) is 6.55. The maximum atomic E-state index is 12.4. The summed E-state index contributed by atoms with van der Waals surface area (Å²) in [6.07, 6.45) is 4.98. The Morgan fingerprint density at radius 3 is 2.95 bits per heavy atom. The van der Waals surface area contributed by atoms with Crippen molar-refractivity contribution in [2.24, 2.45) is 5.41 Å². The summed E-state index contributed by atoms with van der Waals surface area (Å²) in [4.78, 5) is 15.1. The van der Waals surface area contributed by atoms with Crippen LogP contribution in [0.2, 0.25) is 0 Å². The van der Waals surface area contributed by atoms with E-state index in [0.29, 0.717) is 6.54 Å². The molecule has 20 heavy (non-hydrogen) atoms. The van der Waals surface area contributed by atoms with Gasteiger partial charge in [0.1, 0.15) is 0 Å². The standard InChI is InChI=1S/C16H23NO2S/c1-13(2)6-8-16(12-18)7-4-9-17(11-16)15(19)14-5-3-10-20-14/h3,5-6,10,18H,4,7-9,11-12H2,1-2H3/t16-/m1/s1. The summed E-state index contributed by atoms with van der Waals surface area (Å²) in [6.45, 7) is 5.74. The molecule has 1 aromatic heterocycles. The molecule has 0 aromatic carbocycles. The van der Waals surface area contributed by atoms with Crippen molar-refractivity contribution in [2.75, 3.05) is 19.7 Å². The Hall–Kier alpha value is -1.13. The first-order valence-electron chi connectivity index (χ1n) is 7.13. The highest BCUT2D eigenvalue weighted by Gasteiger charge is 2.36. The molecule has 3 nitrogen and oxygen atoms in total. The van der Waals surface area contributed by atoms with Gasteiger partial charge in [-0.1, -0.05) is 17.7 Å². The number of rotatable bonds is 4. The summed E-state index contributed by atoms with van der Waals surface area (Å²) >= 11 is 1.49. The summed E-state index contributed by atoms with van der Waals surface area (Å²) in [7, 11) is 0. The van der Waals surface area contributed by atoms with Crippen LogP contribution in [-0.4, -0.2) is 35.6 Å². The van der Waals surface area contributed by atoms with Crippen LogP contribution in [0, 0.1) is 5.41 Å². The second-order valence-electron chi connectivity index (χ2n) is 5.95. The number of hydrogen-bond acceptors (Lipinski definition) is 3. The van der Waals surface area contributed by atoms with E-state index in [-0.39, 0.29) is 17.9 Å². The van der Waals surface area contributed by atoms with Crippen LogP contribution < -0.4 is 0 Å². The Balaban J connectivity index is 2.10. The molecule has 1 N–H and O–H groups in total. The lowest BCUT2D eigenvalue weighted by atomic mass is 9.77. The first-order chi connectivity index (χ1) is 9.56. The van der Waals surface area contributed by atoms with E-state index in [1.807, 2.05) is 22.4 Å². The lowest BCUT2D eigenvalue weighted by Crippen LogP contribution is -2.47. The summed E-state index contributed by atoms with van der Waals surface area (Å²) < 4.78 is 0.